The summed E-state index contributed by atoms with van der Waals surface area (Å²) in [5.41, 5.74) is 8.03. The number of methoxy groups -OCH3 is 1. The molecule has 1 heterocycles. The van der Waals surface area contributed by atoms with Gasteiger partial charge in [-0.15, -0.1) is 0 Å². The Morgan fingerprint density at radius 2 is 2.12 bits per heavy atom. The molecular weight excluding hydrogens is 216 g/mol. The number of amides is 1. The van der Waals surface area contributed by atoms with E-state index in [-0.39, 0.29) is 5.91 Å². The topological polar surface area (TPSA) is 55.6 Å². The highest BCUT2D eigenvalue weighted by atomic mass is 16.5. The fourth-order valence-electron chi connectivity index (χ4n) is 2.38. The third-order valence-electron chi connectivity index (χ3n) is 3.11. The third kappa shape index (κ3) is 2.42. The Bertz CT molecular complexity index is 412. The van der Waals surface area contributed by atoms with Gasteiger partial charge in [0, 0.05) is 25.8 Å². The molecule has 92 valence electrons. The van der Waals surface area contributed by atoms with Gasteiger partial charge in [0.1, 0.15) is 0 Å². The van der Waals surface area contributed by atoms with Crippen LogP contribution in [-0.4, -0.2) is 26.1 Å². The van der Waals surface area contributed by atoms with Crippen LogP contribution in [0.15, 0.2) is 18.2 Å². The summed E-state index contributed by atoms with van der Waals surface area (Å²) in [5.74, 6) is -0.371. The summed E-state index contributed by atoms with van der Waals surface area (Å²) >= 11 is 0. The van der Waals surface area contributed by atoms with Gasteiger partial charge >= 0.3 is 0 Å². The molecule has 2 rings (SSSR count). The highest BCUT2D eigenvalue weighted by molar-refractivity contribution is 5.99. The molecule has 17 heavy (non-hydrogen) atoms. The molecule has 0 spiro atoms. The first-order chi connectivity index (χ1) is 8.24. The molecule has 0 saturated carbocycles. The van der Waals surface area contributed by atoms with E-state index >= 15 is 0 Å². The van der Waals surface area contributed by atoms with Crippen molar-refractivity contribution in [3.8, 4) is 0 Å². The van der Waals surface area contributed by atoms with Crippen LogP contribution in [0.2, 0.25) is 0 Å². The number of hydrogen-bond acceptors (Lipinski definition) is 3. The van der Waals surface area contributed by atoms with Crippen LogP contribution in [0.25, 0.3) is 0 Å². The molecule has 1 aliphatic heterocycles. The number of ether oxygens (including phenoxy) is 1. The minimum absolute atomic E-state index is 0.371. The van der Waals surface area contributed by atoms with E-state index in [1.54, 1.807) is 13.2 Å². The van der Waals surface area contributed by atoms with Gasteiger partial charge in [0.25, 0.3) is 5.91 Å². The van der Waals surface area contributed by atoms with Crippen LogP contribution in [0, 0.1) is 0 Å². The van der Waals surface area contributed by atoms with Gasteiger partial charge in [-0.1, -0.05) is 12.1 Å². The van der Waals surface area contributed by atoms with Gasteiger partial charge in [-0.3, -0.25) is 4.79 Å². The highest BCUT2D eigenvalue weighted by Gasteiger charge is 2.21. The number of hydrogen-bond donors (Lipinski definition) is 1. The predicted octanol–water partition coefficient (Wildman–Crippen LogP) is 1.53. The Kier molecular flexibility index (Phi) is 3.64. The lowest BCUT2D eigenvalue weighted by Crippen LogP contribution is -2.24. The quantitative estimate of drug-likeness (QED) is 0.859. The Morgan fingerprint density at radius 3 is 2.71 bits per heavy atom. The SMILES string of the molecule is COCc1cccc(C(N)=O)c1N1CCCC1. The molecule has 0 bridgehead atoms. The summed E-state index contributed by atoms with van der Waals surface area (Å²) < 4.78 is 5.18. The van der Waals surface area contributed by atoms with Crippen molar-refractivity contribution in [2.45, 2.75) is 19.4 Å². The lowest BCUT2D eigenvalue weighted by Gasteiger charge is -2.23. The lowest BCUT2D eigenvalue weighted by molar-refractivity contribution is 0.100. The summed E-state index contributed by atoms with van der Waals surface area (Å²) in [6.45, 7) is 2.48. The molecule has 0 aliphatic carbocycles. The van der Waals surface area contributed by atoms with Crippen molar-refractivity contribution in [3.63, 3.8) is 0 Å². The molecule has 0 radical (unpaired) electrons. The van der Waals surface area contributed by atoms with E-state index in [0.29, 0.717) is 12.2 Å². The van der Waals surface area contributed by atoms with Gasteiger partial charge < -0.3 is 15.4 Å². The molecule has 1 aromatic rings. The maximum absolute atomic E-state index is 11.5. The second kappa shape index (κ2) is 5.19. The molecule has 0 atom stereocenters. The highest BCUT2D eigenvalue weighted by Crippen LogP contribution is 2.29. The number of nitrogens with zero attached hydrogens (tertiary/aromatic N) is 1. The van der Waals surface area contributed by atoms with Crippen LogP contribution in [0.1, 0.15) is 28.8 Å². The number of para-hydroxylation sites is 1. The zero-order chi connectivity index (χ0) is 12.3. The Morgan fingerprint density at radius 1 is 1.41 bits per heavy atom. The normalized spacial score (nSPS) is 15.2. The first-order valence-electron chi connectivity index (χ1n) is 5.89. The van der Waals surface area contributed by atoms with E-state index in [9.17, 15) is 4.79 Å². The van der Waals surface area contributed by atoms with Crippen LogP contribution in [-0.2, 0) is 11.3 Å². The zero-order valence-corrected chi connectivity index (χ0v) is 10.1. The molecule has 2 N–H and O–H groups in total. The fourth-order valence-corrected chi connectivity index (χ4v) is 2.38. The number of carbonyl (C=O) groups excluding carboxylic acids is 1. The van der Waals surface area contributed by atoms with Crippen molar-refractivity contribution in [1.29, 1.82) is 0 Å². The monoisotopic (exact) mass is 234 g/mol. The molecular formula is C13H18N2O2. The van der Waals surface area contributed by atoms with Gasteiger partial charge in [0.15, 0.2) is 0 Å². The number of carbonyl (C=O) groups is 1. The third-order valence-corrected chi connectivity index (χ3v) is 3.11. The van der Waals surface area contributed by atoms with E-state index in [1.165, 1.54) is 12.8 Å². The summed E-state index contributed by atoms with van der Waals surface area (Å²) in [7, 11) is 1.66. The van der Waals surface area contributed by atoms with Crippen LogP contribution < -0.4 is 10.6 Å². The molecule has 4 heteroatoms. The first-order valence-corrected chi connectivity index (χ1v) is 5.89. The van der Waals surface area contributed by atoms with Gasteiger partial charge in [-0.25, -0.2) is 0 Å². The van der Waals surface area contributed by atoms with E-state index in [0.717, 1.165) is 24.3 Å². The zero-order valence-electron chi connectivity index (χ0n) is 10.1. The average Bonchev–Trinajstić information content (AvgIpc) is 2.82. The van der Waals surface area contributed by atoms with Crippen molar-refractivity contribution in [1.82, 2.24) is 0 Å². The van der Waals surface area contributed by atoms with Crippen LogP contribution in [0.4, 0.5) is 5.69 Å². The molecule has 0 aromatic heterocycles. The standard InChI is InChI=1S/C13H18N2O2/c1-17-9-10-5-4-6-11(13(14)16)12(10)15-7-2-3-8-15/h4-6H,2-3,7-9H2,1H3,(H2,14,16). The molecule has 1 aromatic carbocycles. The van der Waals surface area contributed by atoms with Gasteiger partial charge in [0.2, 0.25) is 0 Å². The summed E-state index contributed by atoms with van der Waals surface area (Å²) in [6, 6.07) is 5.63. The summed E-state index contributed by atoms with van der Waals surface area (Å²) in [4.78, 5) is 13.7. The average molecular weight is 234 g/mol. The number of rotatable bonds is 4. The molecule has 1 saturated heterocycles. The lowest BCUT2D eigenvalue weighted by atomic mass is 10.1. The Hall–Kier alpha value is -1.55. The van der Waals surface area contributed by atoms with Gasteiger partial charge in [-0.2, -0.15) is 0 Å². The van der Waals surface area contributed by atoms with Crippen molar-refractivity contribution in [2.24, 2.45) is 5.73 Å². The largest absolute Gasteiger partial charge is 0.380 e. The maximum atomic E-state index is 11.5. The number of nitrogens with two attached hydrogens (primary N) is 1. The molecule has 4 nitrogen and oxygen atoms in total. The van der Waals surface area contributed by atoms with Gasteiger partial charge in [-0.05, 0) is 18.9 Å². The van der Waals surface area contributed by atoms with Crippen molar-refractivity contribution in [2.75, 3.05) is 25.1 Å². The van der Waals surface area contributed by atoms with Crippen LogP contribution in [0.3, 0.4) is 0 Å². The minimum Gasteiger partial charge on any atom is -0.380 e. The summed E-state index contributed by atoms with van der Waals surface area (Å²) in [6.07, 6.45) is 2.33. The van der Waals surface area contributed by atoms with E-state index in [2.05, 4.69) is 4.90 Å². The van der Waals surface area contributed by atoms with E-state index < -0.39 is 0 Å². The second-order valence-corrected chi connectivity index (χ2v) is 4.30. The van der Waals surface area contributed by atoms with Crippen LogP contribution in [0.5, 0.6) is 0 Å². The predicted molar refractivity (Wildman–Crippen MR) is 67.1 cm³/mol. The fraction of sp³-hybridized carbons (Fsp3) is 0.462. The smallest absolute Gasteiger partial charge is 0.250 e. The molecule has 1 aliphatic rings. The maximum Gasteiger partial charge on any atom is 0.250 e. The number of primary amides is 1. The van der Waals surface area contributed by atoms with Crippen molar-refractivity contribution >= 4 is 11.6 Å². The number of anilines is 1. The minimum atomic E-state index is -0.371. The second-order valence-electron chi connectivity index (χ2n) is 4.30. The number of benzene rings is 1. The van der Waals surface area contributed by atoms with Crippen LogP contribution >= 0.6 is 0 Å². The molecule has 1 fully saturated rings. The Balaban J connectivity index is 2.45. The molecule has 0 unspecified atom stereocenters. The molecule has 1 amide bonds. The summed E-state index contributed by atoms with van der Waals surface area (Å²) in [5, 5.41) is 0. The Labute approximate surface area is 101 Å². The first kappa shape index (κ1) is 11.9. The van der Waals surface area contributed by atoms with Gasteiger partial charge in [0.05, 0.1) is 17.9 Å². The van der Waals surface area contributed by atoms with Crippen molar-refractivity contribution < 1.29 is 9.53 Å². The van der Waals surface area contributed by atoms with E-state index in [1.807, 2.05) is 12.1 Å². The van der Waals surface area contributed by atoms with Crippen molar-refractivity contribution in [3.05, 3.63) is 29.3 Å². The van der Waals surface area contributed by atoms with E-state index in [4.69, 9.17) is 10.5 Å².